The van der Waals surface area contributed by atoms with Crippen LogP contribution in [0.4, 0.5) is 0 Å². The summed E-state index contributed by atoms with van der Waals surface area (Å²) in [4.78, 5) is 4.61. The molecule has 0 N–H and O–H groups in total. The lowest BCUT2D eigenvalue weighted by Gasteiger charge is -2.08. The van der Waals surface area contributed by atoms with Gasteiger partial charge in [-0.25, -0.2) is 4.98 Å². The van der Waals surface area contributed by atoms with E-state index in [4.69, 9.17) is 0 Å². The predicted octanol–water partition coefficient (Wildman–Crippen LogP) is 3.22. The van der Waals surface area contributed by atoms with Crippen molar-refractivity contribution in [2.24, 2.45) is 0 Å². The molecule has 0 radical (unpaired) electrons. The van der Waals surface area contributed by atoms with Crippen molar-refractivity contribution < 1.29 is 0 Å². The van der Waals surface area contributed by atoms with Gasteiger partial charge in [0.25, 0.3) is 0 Å². The smallest absolute Gasteiger partial charge is 0.214 e. The lowest BCUT2D eigenvalue weighted by molar-refractivity contribution is 0.751. The first kappa shape index (κ1) is 14.9. The molecular weight excluding hydrogens is 320 g/mol. The van der Waals surface area contributed by atoms with Crippen LogP contribution in [0, 0.1) is 13.8 Å². The van der Waals surface area contributed by atoms with Gasteiger partial charge in [0.2, 0.25) is 5.16 Å². The van der Waals surface area contributed by atoms with E-state index in [2.05, 4.69) is 52.6 Å². The highest BCUT2D eigenvalue weighted by molar-refractivity contribution is 7.98. The normalized spacial score (nSPS) is 11.2. The number of aromatic nitrogens is 6. The first-order valence-electron chi connectivity index (χ1n) is 7.62. The molecule has 4 rings (SSSR count). The maximum absolute atomic E-state index is 4.61. The minimum absolute atomic E-state index is 0.715. The number of hydrogen-bond acceptors (Lipinski definition) is 5. The highest BCUT2D eigenvalue weighted by Crippen LogP contribution is 2.24. The van der Waals surface area contributed by atoms with E-state index in [0.717, 1.165) is 27.7 Å². The van der Waals surface area contributed by atoms with Gasteiger partial charge < -0.3 is 4.40 Å². The van der Waals surface area contributed by atoms with Crippen molar-refractivity contribution in [3.63, 3.8) is 0 Å². The molecule has 6 nitrogen and oxygen atoms in total. The highest BCUT2D eigenvalue weighted by atomic mass is 32.2. The summed E-state index contributed by atoms with van der Waals surface area (Å²) < 4.78 is 3.81. The molecule has 0 atom stereocenters. The van der Waals surface area contributed by atoms with Crippen LogP contribution in [-0.2, 0) is 5.75 Å². The lowest BCUT2D eigenvalue weighted by atomic mass is 10.1. The second-order valence-corrected chi connectivity index (χ2v) is 6.59. The lowest BCUT2D eigenvalue weighted by Crippen LogP contribution is -2.02. The number of hydrogen-bond donors (Lipinski definition) is 0. The number of benzene rings is 1. The van der Waals surface area contributed by atoms with Gasteiger partial charge in [-0.1, -0.05) is 30.0 Å². The quantitative estimate of drug-likeness (QED) is 0.536. The fourth-order valence-electron chi connectivity index (χ4n) is 2.56. The Kier molecular flexibility index (Phi) is 3.78. The summed E-state index contributed by atoms with van der Waals surface area (Å²) in [5.74, 6) is 0.715. The van der Waals surface area contributed by atoms with Gasteiger partial charge in [0.05, 0.1) is 11.4 Å². The van der Waals surface area contributed by atoms with Crippen LogP contribution < -0.4 is 0 Å². The van der Waals surface area contributed by atoms with Crippen LogP contribution in [0.3, 0.4) is 0 Å². The maximum Gasteiger partial charge on any atom is 0.214 e. The molecule has 0 fully saturated rings. The molecular formula is C17H16N6S. The molecule has 1 aromatic carbocycles. The van der Waals surface area contributed by atoms with E-state index < -0.39 is 0 Å². The van der Waals surface area contributed by atoms with Crippen molar-refractivity contribution in [3.8, 4) is 5.69 Å². The maximum atomic E-state index is 4.61. The van der Waals surface area contributed by atoms with Gasteiger partial charge in [0, 0.05) is 18.1 Å². The summed E-state index contributed by atoms with van der Waals surface area (Å²) >= 11 is 1.58. The van der Waals surface area contributed by atoms with E-state index in [1.807, 2.05) is 35.0 Å². The Morgan fingerprint density at radius 2 is 2.04 bits per heavy atom. The second-order valence-electron chi connectivity index (χ2n) is 5.65. The molecule has 120 valence electrons. The monoisotopic (exact) mass is 336 g/mol. The molecule has 0 bridgehead atoms. The van der Waals surface area contributed by atoms with Crippen molar-refractivity contribution in [1.29, 1.82) is 0 Å². The van der Waals surface area contributed by atoms with Gasteiger partial charge in [-0.3, -0.25) is 0 Å². The molecule has 0 aliphatic heterocycles. The van der Waals surface area contributed by atoms with Gasteiger partial charge in [0.15, 0.2) is 0 Å². The van der Waals surface area contributed by atoms with Crippen LogP contribution in [0.2, 0.25) is 0 Å². The van der Waals surface area contributed by atoms with Crippen LogP contribution in [0.15, 0.2) is 53.9 Å². The van der Waals surface area contributed by atoms with Crippen LogP contribution in [-0.4, -0.2) is 29.6 Å². The van der Waals surface area contributed by atoms with Gasteiger partial charge in [-0.05, 0) is 53.6 Å². The number of thioether (sulfide) groups is 1. The summed E-state index contributed by atoms with van der Waals surface area (Å²) in [7, 11) is 0. The first-order valence-corrected chi connectivity index (χ1v) is 8.61. The van der Waals surface area contributed by atoms with Gasteiger partial charge >= 0.3 is 0 Å². The predicted molar refractivity (Wildman–Crippen MR) is 93.4 cm³/mol. The number of aryl methyl sites for hydroxylation is 2. The second kappa shape index (κ2) is 6.09. The molecule has 24 heavy (non-hydrogen) atoms. The van der Waals surface area contributed by atoms with Gasteiger partial charge in [-0.15, -0.1) is 5.10 Å². The zero-order chi connectivity index (χ0) is 16.5. The topological polar surface area (TPSA) is 60.9 Å². The van der Waals surface area contributed by atoms with Crippen molar-refractivity contribution in [1.82, 2.24) is 29.6 Å². The molecule has 0 spiro atoms. The number of pyridine rings is 1. The minimum atomic E-state index is 0.715. The zero-order valence-electron chi connectivity index (χ0n) is 13.4. The van der Waals surface area contributed by atoms with Gasteiger partial charge in [-0.2, -0.15) is 4.68 Å². The number of imidazole rings is 1. The summed E-state index contributed by atoms with van der Waals surface area (Å²) in [5, 5.41) is 12.9. The first-order chi connectivity index (χ1) is 11.7. The van der Waals surface area contributed by atoms with E-state index >= 15 is 0 Å². The molecule has 0 aliphatic carbocycles. The zero-order valence-corrected chi connectivity index (χ0v) is 14.2. The number of nitrogens with zero attached hydrogens (tertiary/aromatic N) is 6. The van der Waals surface area contributed by atoms with E-state index in [-0.39, 0.29) is 0 Å². The summed E-state index contributed by atoms with van der Waals surface area (Å²) in [5.41, 5.74) is 5.28. The van der Waals surface area contributed by atoms with Crippen LogP contribution >= 0.6 is 11.8 Å². The van der Waals surface area contributed by atoms with Crippen LogP contribution in [0.25, 0.3) is 11.3 Å². The molecule has 3 heterocycles. The largest absolute Gasteiger partial charge is 0.307 e. The number of tetrazole rings is 1. The fraction of sp³-hybridized carbons (Fsp3) is 0.176. The summed E-state index contributed by atoms with van der Waals surface area (Å²) in [6, 6.07) is 12.2. The van der Waals surface area contributed by atoms with Gasteiger partial charge in [0.1, 0.15) is 5.65 Å². The molecule has 0 saturated heterocycles. The van der Waals surface area contributed by atoms with E-state index in [0.29, 0.717) is 5.75 Å². The summed E-state index contributed by atoms with van der Waals surface area (Å²) in [6.07, 6.45) is 4.03. The van der Waals surface area contributed by atoms with E-state index in [1.54, 1.807) is 16.4 Å². The highest BCUT2D eigenvalue weighted by Gasteiger charge is 2.12. The van der Waals surface area contributed by atoms with E-state index in [9.17, 15) is 0 Å². The molecule has 0 amide bonds. The number of fused-ring (bicyclic) bond motifs is 1. The Balaban J connectivity index is 1.60. The number of rotatable bonds is 4. The average Bonchev–Trinajstić information content (AvgIpc) is 3.21. The Hall–Kier alpha value is -2.67. The summed E-state index contributed by atoms with van der Waals surface area (Å²) in [6.45, 7) is 4.13. The van der Waals surface area contributed by atoms with Crippen molar-refractivity contribution >= 4 is 17.4 Å². The molecule has 3 aromatic heterocycles. The Morgan fingerprint density at radius 3 is 2.92 bits per heavy atom. The van der Waals surface area contributed by atoms with E-state index in [1.165, 1.54) is 5.56 Å². The third-order valence-electron chi connectivity index (χ3n) is 3.80. The Labute approximate surface area is 143 Å². The van der Waals surface area contributed by atoms with Crippen molar-refractivity contribution in [2.75, 3.05) is 0 Å². The molecule has 7 heteroatoms. The third kappa shape index (κ3) is 2.78. The molecule has 0 unspecified atom stereocenters. The van der Waals surface area contributed by atoms with Crippen LogP contribution in [0.1, 0.15) is 16.8 Å². The van der Waals surface area contributed by atoms with Crippen LogP contribution in [0.5, 0.6) is 0 Å². The Morgan fingerprint density at radius 1 is 1.12 bits per heavy atom. The molecule has 0 aliphatic rings. The van der Waals surface area contributed by atoms with Crippen molar-refractivity contribution in [3.05, 3.63) is 65.6 Å². The minimum Gasteiger partial charge on any atom is -0.307 e. The van der Waals surface area contributed by atoms with Crippen molar-refractivity contribution in [2.45, 2.75) is 24.8 Å². The molecule has 0 saturated carbocycles. The SMILES string of the molecule is Cc1ccc(C)c(-n2nnnc2SCc2cn3ccccc3n2)c1. The Bertz CT molecular complexity index is 970. The standard InChI is InChI=1S/C17H16N6S/c1-12-6-7-13(2)15(9-12)23-17(19-20-21-23)24-11-14-10-22-8-4-3-5-16(22)18-14/h3-10H,11H2,1-2H3. The molecule has 4 aromatic rings. The average molecular weight is 336 g/mol. The fourth-order valence-corrected chi connectivity index (χ4v) is 3.33. The third-order valence-corrected chi connectivity index (χ3v) is 4.75.